The third-order valence-corrected chi connectivity index (χ3v) is 4.46. The van der Waals surface area contributed by atoms with E-state index in [1.165, 1.54) is 12.1 Å². The summed E-state index contributed by atoms with van der Waals surface area (Å²) in [6, 6.07) is 12.3. The lowest BCUT2D eigenvalue weighted by atomic mass is 10.1. The highest BCUT2D eigenvalue weighted by molar-refractivity contribution is 7.22. The molecule has 0 unspecified atom stereocenters. The van der Waals surface area contributed by atoms with Crippen molar-refractivity contribution in [1.29, 1.82) is 0 Å². The average Bonchev–Trinajstić information content (AvgIpc) is 2.85. The van der Waals surface area contributed by atoms with E-state index in [0.29, 0.717) is 0 Å². The van der Waals surface area contributed by atoms with Gasteiger partial charge in [-0.2, -0.15) is 0 Å². The summed E-state index contributed by atoms with van der Waals surface area (Å²) in [5.74, 6) is -0.206. The first-order valence-electron chi connectivity index (χ1n) is 6.26. The molecule has 0 aliphatic heterocycles. The number of hydrogen-bond acceptors (Lipinski definition) is 3. The predicted octanol–water partition coefficient (Wildman–Crippen LogP) is 4.74. The molecule has 0 atom stereocenters. The number of nitrogens with zero attached hydrogens (tertiary/aromatic N) is 1. The summed E-state index contributed by atoms with van der Waals surface area (Å²) in [7, 11) is 0. The Morgan fingerprint density at radius 2 is 1.95 bits per heavy atom. The number of rotatable bonds is 4. The molecule has 1 heterocycles. The van der Waals surface area contributed by atoms with E-state index >= 15 is 0 Å². The molecule has 0 saturated heterocycles. The lowest BCUT2D eigenvalue weighted by Gasteiger charge is -2.02. The quantitative estimate of drug-likeness (QED) is 0.753. The Morgan fingerprint density at radius 1 is 1.15 bits per heavy atom. The number of anilines is 1. The zero-order chi connectivity index (χ0) is 13.9. The Labute approximate surface area is 125 Å². The molecule has 2 nitrogen and oxygen atoms in total. The third-order valence-electron chi connectivity index (χ3n) is 2.97. The smallest absolute Gasteiger partial charge is 0.183 e. The van der Waals surface area contributed by atoms with Crippen LogP contribution < -0.4 is 5.32 Å². The van der Waals surface area contributed by atoms with Gasteiger partial charge in [-0.25, -0.2) is 9.37 Å². The topological polar surface area (TPSA) is 24.9 Å². The number of halogens is 2. The van der Waals surface area contributed by atoms with Gasteiger partial charge in [0.25, 0.3) is 0 Å². The second-order valence-electron chi connectivity index (χ2n) is 4.41. The minimum absolute atomic E-state index is 0.206. The molecule has 102 valence electrons. The monoisotopic (exact) mass is 306 g/mol. The van der Waals surface area contributed by atoms with Gasteiger partial charge < -0.3 is 5.32 Å². The van der Waals surface area contributed by atoms with E-state index in [-0.39, 0.29) is 5.82 Å². The molecule has 0 saturated carbocycles. The normalized spacial score (nSPS) is 10.9. The number of hydrogen-bond donors (Lipinski definition) is 1. The van der Waals surface area contributed by atoms with E-state index in [9.17, 15) is 4.39 Å². The molecule has 1 N–H and O–H groups in total. The lowest BCUT2D eigenvalue weighted by molar-refractivity contribution is 0.627. The molecule has 0 radical (unpaired) electrons. The first-order chi connectivity index (χ1) is 9.72. The van der Waals surface area contributed by atoms with Crippen molar-refractivity contribution >= 4 is 38.3 Å². The molecular formula is C15H12ClFN2S. The SMILES string of the molecule is Fc1ccc(CCNc2nc3cccc(Cl)c3s2)cc1. The summed E-state index contributed by atoms with van der Waals surface area (Å²) in [6.45, 7) is 0.753. The Bertz CT molecular complexity index is 724. The average molecular weight is 307 g/mol. The number of nitrogens with one attached hydrogen (secondary N) is 1. The largest absolute Gasteiger partial charge is 0.361 e. The van der Waals surface area contributed by atoms with Crippen LogP contribution in [0.2, 0.25) is 5.02 Å². The van der Waals surface area contributed by atoms with E-state index in [4.69, 9.17) is 11.6 Å². The second-order valence-corrected chi connectivity index (χ2v) is 5.82. The maximum Gasteiger partial charge on any atom is 0.183 e. The first kappa shape index (κ1) is 13.3. The zero-order valence-electron chi connectivity index (χ0n) is 10.6. The molecular weight excluding hydrogens is 295 g/mol. The van der Waals surface area contributed by atoms with Crippen LogP contribution in [0.4, 0.5) is 9.52 Å². The maximum absolute atomic E-state index is 12.8. The lowest BCUT2D eigenvalue weighted by Crippen LogP contribution is -2.04. The van der Waals surface area contributed by atoms with E-state index in [2.05, 4.69) is 10.3 Å². The Kier molecular flexibility index (Phi) is 3.85. The summed E-state index contributed by atoms with van der Waals surface area (Å²) in [5, 5.41) is 4.86. The summed E-state index contributed by atoms with van der Waals surface area (Å²) >= 11 is 7.67. The minimum atomic E-state index is -0.206. The van der Waals surface area contributed by atoms with Gasteiger partial charge in [-0.1, -0.05) is 41.1 Å². The fourth-order valence-corrected chi connectivity index (χ4v) is 3.14. The molecule has 0 spiro atoms. The van der Waals surface area contributed by atoms with Crippen LogP contribution in [0.3, 0.4) is 0 Å². The summed E-state index contributed by atoms with van der Waals surface area (Å²) in [5.41, 5.74) is 2.00. The second kappa shape index (κ2) is 5.77. The van der Waals surface area contributed by atoms with Crippen molar-refractivity contribution in [3.8, 4) is 0 Å². The van der Waals surface area contributed by atoms with Gasteiger partial charge in [0.15, 0.2) is 5.13 Å². The molecule has 0 aliphatic carbocycles. The highest BCUT2D eigenvalue weighted by Crippen LogP contribution is 2.31. The highest BCUT2D eigenvalue weighted by atomic mass is 35.5. The molecule has 1 aromatic heterocycles. The maximum atomic E-state index is 12.8. The van der Waals surface area contributed by atoms with Gasteiger partial charge in [0.1, 0.15) is 5.82 Å². The van der Waals surface area contributed by atoms with Crippen LogP contribution in [0.5, 0.6) is 0 Å². The van der Waals surface area contributed by atoms with E-state index < -0.39 is 0 Å². The molecule has 0 aliphatic rings. The molecule has 5 heteroatoms. The Balaban J connectivity index is 1.65. The third kappa shape index (κ3) is 2.92. The van der Waals surface area contributed by atoms with E-state index in [1.54, 1.807) is 23.5 Å². The van der Waals surface area contributed by atoms with Crippen LogP contribution in [-0.2, 0) is 6.42 Å². The van der Waals surface area contributed by atoms with Crippen molar-refractivity contribution in [2.24, 2.45) is 0 Å². The summed E-state index contributed by atoms with van der Waals surface area (Å²) < 4.78 is 13.8. The van der Waals surface area contributed by atoms with Crippen molar-refractivity contribution in [2.45, 2.75) is 6.42 Å². The van der Waals surface area contributed by atoms with Gasteiger partial charge >= 0.3 is 0 Å². The van der Waals surface area contributed by atoms with Crippen LogP contribution in [-0.4, -0.2) is 11.5 Å². The fraction of sp³-hybridized carbons (Fsp3) is 0.133. The van der Waals surface area contributed by atoms with Crippen molar-refractivity contribution in [1.82, 2.24) is 4.98 Å². The van der Waals surface area contributed by atoms with Crippen LogP contribution in [0.25, 0.3) is 10.2 Å². The number of fused-ring (bicyclic) bond motifs is 1. The zero-order valence-corrected chi connectivity index (χ0v) is 12.1. The van der Waals surface area contributed by atoms with Crippen LogP contribution in [0.15, 0.2) is 42.5 Å². The number of aromatic nitrogens is 1. The van der Waals surface area contributed by atoms with Crippen LogP contribution >= 0.6 is 22.9 Å². The number of thiazole rings is 1. The Hall–Kier alpha value is -1.65. The van der Waals surface area contributed by atoms with Gasteiger partial charge in [0, 0.05) is 6.54 Å². The molecule has 0 fully saturated rings. The summed E-state index contributed by atoms with van der Waals surface area (Å²) in [4.78, 5) is 4.48. The van der Waals surface area contributed by atoms with Crippen molar-refractivity contribution in [2.75, 3.05) is 11.9 Å². The van der Waals surface area contributed by atoms with E-state index in [1.807, 2.05) is 18.2 Å². The van der Waals surface area contributed by atoms with Gasteiger partial charge in [-0.3, -0.25) is 0 Å². The highest BCUT2D eigenvalue weighted by Gasteiger charge is 2.06. The number of benzene rings is 2. The van der Waals surface area contributed by atoms with Gasteiger partial charge in [0.05, 0.1) is 15.2 Å². The van der Waals surface area contributed by atoms with Crippen molar-refractivity contribution in [3.63, 3.8) is 0 Å². The van der Waals surface area contributed by atoms with Gasteiger partial charge in [-0.15, -0.1) is 0 Å². The molecule has 3 aromatic rings. The minimum Gasteiger partial charge on any atom is -0.361 e. The molecule has 0 bridgehead atoms. The predicted molar refractivity (Wildman–Crippen MR) is 83.2 cm³/mol. The van der Waals surface area contributed by atoms with Crippen LogP contribution in [0.1, 0.15) is 5.56 Å². The van der Waals surface area contributed by atoms with Gasteiger partial charge in [-0.05, 0) is 36.2 Å². The molecule has 3 rings (SSSR count). The van der Waals surface area contributed by atoms with Gasteiger partial charge in [0.2, 0.25) is 0 Å². The standard InChI is InChI=1S/C15H12ClFN2S/c16-12-2-1-3-13-14(12)20-15(19-13)18-9-8-10-4-6-11(17)7-5-10/h1-7H,8-9H2,(H,18,19). The Morgan fingerprint density at radius 3 is 2.70 bits per heavy atom. The summed E-state index contributed by atoms with van der Waals surface area (Å²) in [6.07, 6.45) is 0.823. The van der Waals surface area contributed by atoms with Crippen LogP contribution in [0, 0.1) is 5.82 Å². The first-order valence-corrected chi connectivity index (χ1v) is 7.45. The van der Waals surface area contributed by atoms with Crippen molar-refractivity contribution in [3.05, 3.63) is 58.9 Å². The molecule has 0 amide bonds. The molecule has 20 heavy (non-hydrogen) atoms. The fourth-order valence-electron chi connectivity index (χ4n) is 1.96. The molecule has 2 aromatic carbocycles. The van der Waals surface area contributed by atoms with Crippen molar-refractivity contribution < 1.29 is 4.39 Å². The van der Waals surface area contributed by atoms with E-state index in [0.717, 1.165) is 38.9 Å².